The average molecular weight is 369 g/mol. The van der Waals surface area contributed by atoms with Gasteiger partial charge in [0, 0.05) is 6.54 Å². The highest BCUT2D eigenvalue weighted by atomic mass is 32.1. The second kappa shape index (κ2) is 11.9. The molecular weight excluding hydrogens is 340 g/mol. The van der Waals surface area contributed by atoms with Gasteiger partial charge in [0.25, 0.3) is 0 Å². The molecule has 0 aliphatic rings. The van der Waals surface area contributed by atoms with E-state index in [1.54, 1.807) is 7.11 Å². The van der Waals surface area contributed by atoms with Crippen LogP contribution >= 0.6 is 24.4 Å². The Labute approximate surface area is 155 Å². The first-order valence-electron chi connectivity index (χ1n) is 8.34. The van der Waals surface area contributed by atoms with Gasteiger partial charge in [-0.05, 0) is 48.9 Å². The van der Waals surface area contributed by atoms with Crippen LogP contribution in [0.2, 0.25) is 0 Å². The van der Waals surface area contributed by atoms with E-state index in [4.69, 9.17) is 29.2 Å². The molecule has 24 heavy (non-hydrogen) atoms. The van der Waals surface area contributed by atoms with Gasteiger partial charge in [0.2, 0.25) is 0 Å². The fourth-order valence-corrected chi connectivity index (χ4v) is 2.53. The highest BCUT2D eigenvalue weighted by Crippen LogP contribution is 2.22. The van der Waals surface area contributed by atoms with Gasteiger partial charge in [-0.3, -0.25) is 10.9 Å². The summed E-state index contributed by atoms with van der Waals surface area (Å²) < 4.78 is 5.27. The second-order valence-corrected chi connectivity index (χ2v) is 6.35. The molecule has 0 radical (unpaired) electrons. The number of para-hydroxylation sites is 2. The van der Waals surface area contributed by atoms with Gasteiger partial charge in [-0.25, -0.2) is 0 Å². The van der Waals surface area contributed by atoms with Crippen LogP contribution in [0.3, 0.4) is 0 Å². The van der Waals surface area contributed by atoms with Crippen molar-refractivity contribution in [3.8, 4) is 5.75 Å². The quantitative estimate of drug-likeness (QED) is 0.413. The summed E-state index contributed by atoms with van der Waals surface area (Å²) in [7, 11) is 1.62. The summed E-state index contributed by atoms with van der Waals surface area (Å²) in [6, 6.07) is 7.57. The minimum atomic E-state index is 0.418. The van der Waals surface area contributed by atoms with Crippen molar-refractivity contribution in [1.29, 1.82) is 0 Å². The van der Waals surface area contributed by atoms with E-state index in [0.717, 1.165) is 24.4 Å². The van der Waals surface area contributed by atoms with Gasteiger partial charge in [0.1, 0.15) is 5.75 Å². The Morgan fingerprint density at radius 2 is 1.83 bits per heavy atom. The molecule has 0 aliphatic carbocycles. The molecule has 0 spiro atoms. The van der Waals surface area contributed by atoms with E-state index in [0.29, 0.717) is 16.1 Å². The molecule has 5 nitrogen and oxygen atoms in total. The zero-order chi connectivity index (χ0) is 17.8. The van der Waals surface area contributed by atoms with E-state index in [1.165, 1.54) is 19.3 Å². The largest absolute Gasteiger partial charge is 0.495 e. The summed E-state index contributed by atoms with van der Waals surface area (Å²) in [5.41, 5.74) is 6.57. The molecule has 4 N–H and O–H groups in total. The Bertz CT molecular complexity index is 525. The molecule has 1 atom stereocenters. The van der Waals surface area contributed by atoms with Crippen molar-refractivity contribution in [2.24, 2.45) is 5.92 Å². The smallest absolute Gasteiger partial charge is 0.189 e. The zero-order valence-electron chi connectivity index (χ0n) is 14.6. The van der Waals surface area contributed by atoms with Gasteiger partial charge >= 0.3 is 0 Å². The number of benzene rings is 1. The predicted octanol–water partition coefficient (Wildman–Crippen LogP) is 3.58. The highest BCUT2D eigenvalue weighted by molar-refractivity contribution is 7.80. The topological polar surface area (TPSA) is 57.3 Å². The molecule has 134 valence electrons. The summed E-state index contributed by atoms with van der Waals surface area (Å²) in [5.74, 6) is 1.37. The van der Waals surface area contributed by atoms with Gasteiger partial charge in [-0.15, -0.1) is 0 Å². The van der Waals surface area contributed by atoms with Gasteiger partial charge < -0.3 is 15.4 Å². The fraction of sp³-hybridized carbons (Fsp3) is 0.529. The summed E-state index contributed by atoms with van der Waals surface area (Å²) in [6.45, 7) is 5.30. The van der Waals surface area contributed by atoms with Crippen molar-refractivity contribution in [2.75, 3.05) is 19.0 Å². The second-order valence-electron chi connectivity index (χ2n) is 5.53. The van der Waals surface area contributed by atoms with E-state index in [1.807, 2.05) is 24.3 Å². The number of ether oxygens (including phenoxy) is 1. The number of thiocarbonyl (C=S) groups is 2. The van der Waals surface area contributed by atoms with Gasteiger partial charge in [-0.1, -0.05) is 45.2 Å². The first-order valence-corrected chi connectivity index (χ1v) is 9.16. The van der Waals surface area contributed by atoms with Crippen molar-refractivity contribution >= 4 is 40.3 Å². The highest BCUT2D eigenvalue weighted by Gasteiger charge is 2.07. The first-order chi connectivity index (χ1) is 11.6. The summed E-state index contributed by atoms with van der Waals surface area (Å²) >= 11 is 10.5. The molecular formula is C17H28N4OS2. The first kappa shape index (κ1) is 20.4. The van der Waals surface area contributed by atoms with E-state index >= 15 is 0 Å². The number of hydrogen-bond acceptors (Lipinski definition) is 3. The van der Waals surface area contributed by atoms with Crippen LogP contribution in [-0.4, -0.2) is 23.9 Å². The third-order valence-corrected chi connectivity index (χ3v) is 4.19. The number of methoxy groups -OCH3 is 1. The van der Waals surface area contributed by atoms with Gasteiger partial charge in [0.15, 0.2) is 10.2 Å². The minimum Gasteiger partial charge on any atom is -0.495 e. The number of nitrogens with one attached hydrogen (secondary N) is 4. The van der Waals surface area contributed by atoms with Crippen LogP contribution in [0.5, 0.6) is 5.75 Å². The fourth-order valence-electron chi connectivity index (χ4n) is 2.24. The Morgan fingerprint density at radius 3 is 2.50 bits per heavy atom. The van der Waals surface area contributed by atoms with Crippen LogP contribution in [0.4, 0.5) is 5.69 Å². The van der Waals surface area contributed by atoms with Crippen molar-refractivity contribution in [3.63, 3.8) is 0 Å². The Morgan fingerprint density at radius 1 is 1.12 bits per heavy atom. The van der Waals surface area contributed by atoms with Gasteiger partial charge in [0.05, 0.1) is 12.8 Å². The maximum atomic E-state index is 5.27. The monoisotopic (exact) mass is 368 g/mol. The lowest BCUT2D eigenvalue weighted by Crippen LogP contribution is -2.49. The van der Waals surface area contributed by atoms with Crippen molar-refractivity contribution in [2.45, 2.75) is 39.5 Å². The van der Waals surface area contributed by atoms with E-state index in [9.17, 15) is 0 Å². The lowest BCUT2D eigenvalue weighted by atomic mass is 9.99. The maximum absolute atomic E-state index is 5.27. The maximum Gasteiger partial charge on any atom is 0.189 e. The SMILES string of the molecule is CCCC[C@@H](CC)CNC(=S)NNC(=S)Nc1ccccc1OC. The lowest BCUT2D eigenvalue weighted by Gasteiger charge is -2.18. The lowest BCUT2D eigenvalue weighted by molar-refractivity contribution is 0.417. The van der Waals surface area contributed by atoms with Crippen LogP contribution in [0.25, 0.3) is 0 Å². The number of hydrogen-bond donors (Lipinski definition) is 4. The van der Waals surface area contributed by atoms with Crippen molar-refractivity contribution in [3.05, 3.63) is 24.3 Å². The Balaban J connectivity index is 2.32. The molecule has 0 unspecified atom stereocenters. The Kier molecular flexibility index (Phi) is 10.1. The molecule has 0 saturated carbocycles. The molecule has 0 saturated heterocycles. The summed E-state index contributed by atoms with van der Waals surface area (Å²) in [6.07, 6.45) is 4.86. The van der Waals surface area contributed by atoms with Gasteiger partial charge in [-0.2, -0.15) is 0 Å². The van der Waals surface area contributed by atoms with Crippen molar-refractivity contribution in [1.82, 2.24) is 16.2 Å². The van der Waals surface area contributed by atoms with E-state index in [-0.39, 0.29) is 0 Å². The number of unbranched alkanes of at least 4 members (excludes halogenated alkanes) is 1. The molecule has 1 aromatic carbocycles. The van der Waals surface area contributed by atoms with Crippen molar-refractivity contribution < 1.29 is 4.74 Å². The van der Waals surface area contributed by atoms with Crippen LogP contribution in [0.1, 0.15) is 39.5 Å². The zero-order valence-corrected chi connectivity index (χ0v) is 16.3. The Hall–Kier alpha value is -1.60. The third kappa shape index (κ3) is 7.79. The molecule has 0 amide bonds. The molecule has 1 aromatic rings. The van der Waals surface area contributed by atoms with Crippen LogP contribution in [0, 0.1) is 5.92 Å². The van der Waals surface area contributed by atoms with Crippen LogP contribution < -0.4 is 26.2 Å². The number of anilines is 1. The molecule has 0 aliphatic heterocycles. The van der Waals surface area contributed by atoms with E-state index in [2.05, 4.69) is 35.3 Å². The molecule has 0 heterocycles. The molecule has 7 heteroatoms. The minimum absolute atomic E-state index is 0.418. The molecule has 0 bridgehead atoms. The summed E-state index contributed by atoms with van der Waals surface area (Å²) in [4.78, 5) is 0. The van der Waals surface area contributed by atoms with Crippen LogP contribution in [-0.2, 0) is 0 Å². The molecule has 1 rings (SSSR count). The summed E-state index contributed by atoms with van der Waals surface area (Å²) in [5, 5.41) is 7.25. The standard InChI is InChI=1S/C17H28N4OS2/c1-4-6-9-13(5-2)12-18-16(23)20-21-17(24)19-14-10-7-8-11-15(14)22-3/h7-8,10-11,13H,4-6,9,12H2,1-3H3,(H2,18,20,23)(H2,19,21,24)/t13-/m1/s1. The van der Waals surface area contributed by atoms with E-state index < -0.39 is 0 Å². The number of rotatable bonds is 8. The predicted molar refractivity (Wildman–Crippen MR) is 109 cm³/mol. The van der Waals surface area contributed by atoms with Crippen LogP contribution in [0.15, 0.2) is 24.3 Å². The normalized spacial score (nSPS) is 11.3. The molecule has 0 fully saturated rings. The number of hydrazine groups is 1. The average Bonchev–Trinajstić information content (AvgIpc) is 2.60. The third-order valence-electron chi connectivity index (χ3n) is 3.74. The molecule has 0 aromatic heterocycles.